The predicted molar refractivity (Wildman–Crippen MR) is 105 cm³/mol. The zero-order valence-electron chi connectivity index (χ0n) is 14.8. The van der Waals surface area contributed by atoms with Gasteiger partial charge in [-0.15, -0.1) is 11.3 Å². The summed E-state index contributed by atoms with van der Waals surface area (Å²) in [6, 6.07) is 18.8. The summed E-state index contributed by atoms with van der Waals surface area (Å²) in [7, 11) is 1.63. The zero-order chi connectivity index (χ0) is 18.4. The second-order valence-corrected chi connectivity index (χ2v) is 6.66. The van der Waals surface area contributed by atoms with Crippen LogP contribution >= 0.6 is 11.3 Å². The summed E-state index contributed by atoms with van der Waals surface area (Å²) in [6.07, 6.45) is 0. The fraction of sp³-hybridized carbons (Fsp3) is 0.190. The van der Waals surface area contributed by atoms with Crippen LogP contribution < -0.4 is 14.4 Å². The summed E-state index contributed by atoms with van der Waals surface area (Å²) in [5.41, 5.74) is 1.46. The highest BCUT2D eigenvalue weighted by Gasteiger charge is 2.19. The lowest BCUT2D eigenvalue weighted by molar-refractivity contribution is 0.0985. The molecule has 1 aromatic heterocycles. The second-order valence-electron chi connectivity index (χ2n) is 5.63. The largest absolute Gasteiger partial charge is 0.497 e. The molecule has 2 aromatic carbocycles. The lowest BCUT2D eigenvalue weighted by Crippen LogP contribution is -2.30. The number of hydrogen-bond donors (Lipinski definition) is 0. The molecule has 0 unspecified atom stereocenters. The van der Waals surface area contributed by atoms with Gasteiger partial charge in [0.25, 0.3) is 5.91 Å². The van der Waals surface area contributed by atoms with Gasteiger partial charge in [-0.3, -0.25) is 4.79 Å². The SMILES string of the molecule is CCOc1ccc(C(=O)N(Cc2cccs2)c2ccc(OC)cc2)cc1. The summed E-state index contributed by atoms with van der Waals surface area (Å²) in [5, 5.41) is 2.02. The van der Waals surface area contributed by atoms with E-state index in [1.54, 1.807) is 35.5 Å². The summed E-state index contributed by atoms with van der Waals surface area (Å²) < 4.78 is 10.7. The van der Waals surface area contributed by atoms with E-state index in [0.29, 0.717) is 18.7 Å². The van der Waals surface area contributed by atoms with Crippen LogP contribution in [0, 0.1) is 0 Å². The maximum Gasteiger partial charge on any atom is 0.258 e. The topological polar surface area (TPSA) is 38.8 Å². The fourth-order valence-corrected chi connectivity index (χ4v) is 3.31. The Labute approximate surface area is 157 Å². The maximum absolute atomic E-state index is 13.2. The number of anilines is 1. The molecule has 0 aliphatic rings. The van der Waals surface area contributed by atoms with Gasteiger partial charge >= 0.3 is 0 Å². The average molecular weight is 367 g/mol. The molecular formula is C21H21NO3S. The van der Waals surface area contributed by atoms with Crippen molar-refractivity contribution in [2.45, 2.75) is 13.5 Å². The Morgan fingerprint density at radius 2 is 1.69 bits per heavy atom. The molecule has 3 rings (SSSR count). The van der Waals surface area contributed by atoms with Gasteiger partial charge in [-0.2, -0.15) is 0 Å². The van der Waals surface area contributed by atoms with Crippen LogP contribution in [0.25, 0.3) is 0 Å². The maximum atomic E-state index is 13.2. The van der Waals surface area contributed by atoms with Crippen LogP contribution in [0.2, 0.25) is 0 Å². The quantitative estimate of drug-likeness (QED) is 0.590. The number of hydrogen-bond acceptors (Lipinski definition) is 4. The third-order valence-electron chi connectivity index (χ3n) is 3.94. The number of carbonyl (C=O) groups is 1. The molecule has 134 valence electrons. The van der Waals surface area contributed by atoms with Gasteiger partial charge in [0.05, 0.1) is 20.3 Å². The van der Waals surface area contributed by atoms with Crippen molar-refractivity contribution >= 4 is 22.9 Å². The minimum atomic E-state index is -0.0494. The molecule has 5 heteroatoms. The number of rotatable bonds is 7. The molecule has 0 N–H and O–H groups in total. The van der Waals surface area contributed by atoms with Crippen molar-refractivity contribution < 1.29 is 14.3 Å². The molecule has 0 saturated carbocycles. The normalized spacial score (nSPS) is 10.4. The van der Waals surface area contributed by atoms with Crippen molar-refractivity contribution in [1.29, 1.82) is 0 Å². The lowest BCUT2D eigenvalue weighted by Gasteiger charge is -2.23. The molecule has 3 aromatic rings. The van der Waals surface area contributed by atoms with Crippen molar-refractivity contribution in [3.8, 4) is 11.5 Å². The minimum Gasteiger partial charge on any atom is -0.497 e. The predicted octanol–water partition coefficient (Wildman–Crippen LogP) is 5.00. The Morgan fingerprint density at radius 1 is 1.00 bits per heavy atom. The van der Waals surface area contributed by atoms with E-state index in [1.807, 2.05) is 60.8 Å². The first-order valence-corrected chi connectivity index (χ1v) is 9.30. The molecule has 4 nitrogen and oxygen atoms in total. The Bertz CT molecular complexity index is 827. The average Bonchev–Trinajstić information content (AvgIpc) is 3.20. The van der Waals surface area contributed by atoms with Crippen LogP contribution in [0.3, 0.4) is 0 Å². The first-order chi connectivity index (χ1) is 12.7. The van der Waals surface area contributed by atoms with Crippen molar-refractivity contribution in [3.63, 3.8) is 0 Å². The molecule has 0 fully saturated rings. The summed E-state index contributed by atoms with van der Waals surface area (Å²) in [6.45, 7) is 3.06. The van der Waals surface area contributed by atoms with Crippen LogP contribution in [-0.4, -0.2) is 19.6 Å². The molecule has 0 bridgehead atoms. The zero-order valence-corrected chi connectivity index (χ0v) is 15.7. The highest BCUT2D eigenvalue weighted by atomic mass is 32.1. The van der Waals surface area contributed by atoms with E-state index in [2.05, 4.69) is 0 Å². The highest BCUT2D eigenvalue weighted by molar-refractivity contribution is 7.09. The third kappa shape index (κ3) is 4.24. The lowest BCUT2D eigenvalue weighted by atomic mass is 10.1. The van der Waals surface area contributed by atoms with Gasteiger partial charge in [-0.1, -0.05) is 6.07 Å². The number of benzene rings is 2. The van der Waals surface area contributed by atoms with Crippen LogP contribution in [0.4, 0.5) is 5.69 Å². The van der Waals surface area contributed by atoms with Gasteiger partial charge in [0.15, 0.2) is 0 Å². The fourth-order valence-electron chi connectivity index (χ4n) is 2.62. The number of carbonyl (C=O) groups excluding carboxylic acids is 1. The Morgan fingerprint density at radius 3 is 2.27 bits per heavy atom. The smallest absolute Gasteiger partial charge is 0.258 e. The molecule has 0 spiro atoms. The summed E-state index contributed by atoms with van der Waals surface area (Å²) in [5.74, 6) is 1.48. The van der Waals surface area contributed by atoms with E-state index in [0.717, 1.165) is 22.1 Å². The molecule has 0 aliphatic carbocycles. The van der Waals surface area contributed by atoms with E-state index in [1.165, 1.54) is 0 Å². The number of thiophene rings is 1. The van der Waals surface area contributed by atoms with Crippen LogP contribution in [-0.2, 0) is 6.54 Å². The summed E-state index contributed by atoms with van der Waals surface area (Å²) >= 11 is 1.64. The standard InChI is InChI=1S/C21H21NO3S/c1-3-25-19-10-6-16(7-11-19)21(23)22(15-20-5-4-14-26-20)17-8-12-18(24-2)13-9-17/h4-14H,3,15H2,1-2H3. The highest BCUT2D eigenvalue weighted by Crippen LogP contribution is 2.25. The van der Waals surface area contributed by atoms with E-state index < -0.39 is 0 Å². The van der Waals surface area contributed by atoms with Crippen LogP contribution in [0.1, 0.15) is 22.2 Å². The first kappa shape index (κ1) is 18.0. The Kier molecular flexibility index (Phi) is 5.92. The van der Waals surface area contributed by atoms with Gasteiger partial charge < -0.3 is 14.4 Å². The molecule has 0 aliphatic heterocycles. The number of methoxy groups -OCH3 is 1. The van der Waals surface area contributed by atoms with Gasteiger partial charge in [-0.25, -0.2) is 0 Å². The number of amides is 1. The second kappa shape index (κ2) is 8.54. The van der Waals surface area contributed by atoms with Crippen LogP contribution in [0.5, 0.6) is 11.5 Å². The van der Waals surface area contributed by atoms with Gasteiger partial charge in [0, 0.05) is 16.1 Å². The Hall–Kier alpha value is -2.79. The third-order valence-corrected chi connectivity index (χ3v) is 4.80. The molecular weight excluding hydrogens is 346 g/mol. The van der Waals surface area contributed by atoms with Crippen LogP contribution in [0.15, 0.2) is 66.0 Å². The molecule has 0 saturated heterocycles. The van der Waals surface area contributed by atoms with Gasteiger partial charge in [0.2, 0.25) is 0 Å². The van der Waals surface area contributed by atoms with Gasteiger partial charge in [-0.05, 0) is 66.9 Å². The number of nitrogens with zero attached hydrogens (tertiary/aromatic N) is 1. The molecule has 1 heterocycles. The first-order valence-electron chi connectivity index (χ1n) is 8.42. The van der Waals surface area contributed by atoms with E-state index in [4.69, 9.17) is 9.47 Å². The van der Waals surface area contributed by atoms with E-state index >= 15 is 0 Å². The monoisotopic (exact) mass is 367 g/mol. The Balaban J connectivity index is 1.89. The molecule has 0 radical (unpaired) electrons. The van der Waals surface area contributed by atoms with E-state index in [-0.39, 0.29) is 5.91 Å². The molecule has 26 heavy (non-hydrogen) atoms. The van der Waals surface area contributed by atoms with E-state index in [9.17, 15) is 4.79 Å². The molecule has 0 atom stereocenters. The van der Waals surface area contributed by atoms with Gasteiger partial charge in [0.1, 0.15) is 11.5 Å². The summed E-state index contributed by atoms with van der Waals surface area (Å²) in [4.78, 5) is 16.1. The minimum absolute atomic E-state index is 0.0494. The number of ether oxygens (including phenoxy) is 2. The van der Waals surface area contributed by atoms with Crippen molar-refractivity contribution in [2.75, 3.05) is 18.6 Å². The van der Waals surface area contributed by atoms with Crippen molar-refractivity contribution in [3.05, 3.63) is 76.5 Å². The van der Waals surface area contributed by atoms with Crippen molar-refractivity contribution in [1.82, 2.24) is 0 Å². The van der Waals surface area contributed by atoms with Crippen molar-refractivity contribution in [2.24, 2.45) is 0 Å². The molecule has 1 amide bonds.